The fourth-order valence-electron chi connectivity index (χ4n) is 8.46. The van der Waals surface area contributed by atoms with Crippen molar-refractivity contribution in [2.75, 3.05) is 4.90 Å². The molecule has 7 aromatic rings. The molecule has 0 bridgehead atoms. The Morgan fingerprint density at radius 1 is 0.460 bits per heavy atom. The maximum atomic E-state index is 6.82. The Morgan fingerprint density at radius 2 is 1.02 bits per heavy atom. The van der Waals surface area contributed by atoms with Gasteiger partial charge in [-0.3, -0.25) is 0 Å². The molecular weight excluding hydrogens is 613 g/mol. The van der Waals surface area contributed by atoms with Gasteiger partial charge < -0.3 is 9.64 Å². The van der Waals surface area contributed by atoms with E-state index in [2.05, 4.69) is 138 Å². The van der Waals surface area contributed by atoms with Crippen LogP contribution in [0.15, 0.2) is 158 Å². The van der Waals surface area contributed by atoms with Gasteiger partial charge in [-0.05, 0) is 59.9 Å². The Labute approximate surface area is 291 Å². The monoisotopic (exact) mass is 646 g/mol. The van der Waals surface area contributed by atoms with Gasteiger partial charge in [0.15, 0.2) is 17.5 Å². The molecule has 0 N–H and O–H groups in total. The first-order valence-electron chi connectivity index (χ1n) is 17.5. The summed E-state index contributed by atoms with van der Waals surface area (Å²) in [6, 6.07) is 55.5. The van der Waals surface area contributed by atoms with E-state index < -0.39 is 0 Å². The topological polar surface area (TPSA) is 51.1 Å². The normalized spacial score (nSPS) is 20.0. The van der Waals surface area contributed by atoms with Gasteiger partial charge in [-0.15, -0.1) is 0 Å². The molecule has 6 aromatic carbocycles. The molecule has 0 radical (unpaired) electrons. The van der Waals surface area contributed by atoms with Crippen molar-refractivity contribution < 1.29 is 4.74 Å². The van der Waals surface area contributed by atoms with Crippen molar-refractivity contribution in [1.29, 1.82) is 0 Å². The molecule has 5 nitrogen and oxygen atoms in total. The molecule has 0 amide bonds. The summed E-state index contributed by atoms with van der Waals surface area (Å²) in [7, 11) is 0. The highest BCUT2D eigenvalue weighted by molar-refractivity contribution is 5.78. The number of ether oxygens (including phenoxy) is 1. The second-order valence-electron chi connectivity index (χ2n) is 13.5. The summed E-state index contributed by atoms with van der Waals surface area (Å²) in [5.74, 6) is 3.77. The van der Waals surface area contributed by atoms with E-state index in [0.717, 1.165) is 52.1 Å². The van der Waals surface area contributed by atoms with Crippen LogP contribution < -0.4 is 9.64 Å². The van der Waals surface area contributed by atoms with E-state index in [9.17, 15) is 0 Å². The predicted molar refractivity (Wildman–Crippen MR) is 200 cm³/mol. The number of hydrogen-bond acceptors (Lipinski definition) is 5. The number of nitrogens with zero attached hydrogens (tertiary/aromatic N) is 4. The van der Waals surface area contributed by atoms with Crippen LogP contribution in [-0.4, -0.2) is 27.1 Å². The number of benzene rings is 6. The van der Waals surface area contributed by atoms with Gasteiger partial charge in [0.2, 0.25) is 0 Å². The molecule has 240 valence electrons. The predicted octanol–water partition coefficient (Wildman–Crippen LogP) is 10.5. The van der Waals surface area contributed by atoms with Gasteiger partial charge in [0.1, 0.15) is 11.9 Å². The number of aromatic nitrogens is 3. The molecule has 4 unspecified atom stereocenters. The lowest BCUT2D eigenvalue weighted by Crippen LogP contribution is -2.47. The number of fused-ring (bicyclic) bond motifs is 7. The average molecular weight is 647 g/mol. The average Bonchev–Trinajstić information content (AvgIpc) is 3.75. The zero-order valence-corrected chi connectivity index (χ0v) is 27.4. The van der Waals surface area contributed by atoms with E-state index in [1.165, 1.54) is 16.8 Å². The SMILES string of the molecule is c1ccc(-c2cccc(-c3nc(-c4ccccc4)nc(-c4cccc(N5c6ccccc6C6CCC7c8ccccc8OC7C65)c4)n3)c2)cc1. The molecule has 0 saturated heterocycles. The molecule has 1 aromatic heterocycles. The smallest absolute Gasteiger partial charge is 0.164 e. The molecule has 1 aliphatic carbocycles. The van der Waals surface area contributed by atoms with Crippen molar-refractivity contribution in [3.05, 3.63) is 169 Å². The van der Waals surface area contributed by atoms with E-state index in [1.807, 2.05) is 24.3 Å². The maximum absolute atomic E-state index is 6.82. The lowest BCUT2D eigenvalue weighted by atomic mass is 9.73. The number of rotatable bonds is 5. The minimum absolute atomic E-state index is 0.0764. The van der Waals surface area contributed by atoms with Gasteiger partial charge in [-0.25, -0.2) is 15.0 Å². The van der Waals surface area contributed by atoms with Crippen LogP contribution in [0.5, 0.6) is 5.75 Å². The van der Waals surface area contributed by atoms with Crippen LogP contribution in [-0.2, 0) is 0 Å². The summed E-state index contributed by atoms with van der Waals surface area (Å²) in [5, 5.41) is 0. The number of anilines is 2. The van der Waals surface area contributed by atoms with Crippen LogP contribution in [0.2, 0.25) is 0 Å². The molecule has 1 fully saturated rings. The third-order valence-corrected chi connectivity index (χ3v) is 10.7. The first-order valence-corrected chi connectivity index (χ1v) is 17.5. The van der Waals surface area contributed by atoms with Crippen molar-refractivity contribution in [2.45, 2.75) is 36.8 Å². The largest absolute Gasteiger partial charge is 0.487 e. The maximum Gasteiger partial charge on any atom is 0.164 e. The Balaban J connectivity index is 1.09. The Kier molecular flexibility index (Phi) is 6.83. The molecule has 3 aliphatic rings. The Bertz CT molecular complexity index is 2360. The minimum atomic E-state index is 0.0764. The van der Waals surface area contributed by atoms with Crippen LogP contribution in [0.1, 0.15) is 35.8 Å². The standard InChI is InChI=1S/C45H34N4O/c1-3-13-29(14-4-1)31-17-11-18-32(27-31)44-46-43(30-15-5-2-6-16-30)47-45(48-44)33-19-12-20-34(28-33)49-39-23-9-7-21-35(39)37-25-26-38-36-22-8-10-24-40(36)50-42(38)41(37)49/h1-24,27-28,37-38,41-42H,25-26H2. The molecule has 2 aliphatic heterocycles. The summed E-state index contributed by atoms with van der Waals surface area (Å²) in [6.45, 7) is 0. The zero-order valence-electron chi connectivity index (χ0n) is 27.4. The minimum Gasteiger partial charge on any atom is -0.487 e. The van der Waals surface area contributed by atoms with Crippen molar-refractivity contribution in [1.82, 2.24) is 15.0 Å². The molecule has 50 heavy (non-hydrogen) atoms. The molecular formula is C45H34N4O. The van der Waals surface area contributed by atoms with Gasteiger partial charge in [-0.1, -0.05) is 127 Å². The first-order chi connectivity index (χ1) is 24.8. The third-order valence-electron chi connectivity index (χ3n) is 10.7. The summed E-state index contributed by atoms with van der Waals surface area (Å²) in [5.41, 5.74) is 10.3. The molecule has 3 heterocycles. The lowest BCUT2D eigenvalue weighted by Gasteiger charge is -2.40. The van der Waals surface area contributed by atoms with Gasteiger partial charge in [0, 0.05) is 45.5 Å². The quantitative estimate of drug-likeness (QED) is 0.186. The molecule has 1 saturated carbocycles. The molecule has 0 spiro atoms. The van der Waals surface area contributed by atoms with Crippen LogP contribution in [0.25, 0.3) is 45.3 Å². The second kappa shape index (κ2) is 11.8. The van der Waals surface area contributed by atoms with E-state index in [-0.39, 0.29) is 12.1 Å². The number of hydrogen-bond donors (Lipinski definition) is 0. The molecule has 5 heteroatoms. The zero-order chi connectivity index (χ0) is 33.0. The second-order valence-corrected chi connectivity index (χ2v) is 13.5. The van der Waals surface area contributed by atoms with Crippen molar-refractivity contribution in [3.63, 3.8) is 0 Å². The van der Waals surface area contributed by atoms with E-state index in [1.54, 1.807) is 0 Å². The summed E-state index contributed by atoms with van der Waals surface area (Å²) in [4.78, 5) is 17.8. The highest BCUT2D eigenvalue weighted by Gasteiger charge is 2.53. The lowest BCUT2D eigenvalue weighted by molar-refractivity contribution is 0.131. The van der Waals surface area contributed by atoms with Crippen LogP contribution in [0.4, 0.5) is 11.4 Å². The van der Waals surface area contributed by atoms with Gasteiger partial charge in [0.05, 0.1) is 6.04 Å². The number of para-hydroxylation sites is 2. The highest BCUT2D eigenvalue weighted by atomic mass is 16.5. The fraction of sp³-hybridized carbons (Fsp3) is 0.133. The van der Waals surface area contributed by atoms with E-state index in [0.29, 0.717) is 29.3 Å². The Morgan fingerprint density at radius 3 is 1.80 bits per heavy atom. The highest BCUT2D eigenvalue weighted by Crippen LogP contribution is 2.57. The summed E-state index contributed by atoms with van der Waals surface area (Å²) in [6.07, 6.45) is 2.34. The van der Waals surface area contributed by atoms with Crippen molar-refractivity contribution in [3.8, 4) is 51.0 Å². The van der Waals surface area contributed by atoms with Crippen molar-refractivity contribution >= 4 is 11.4 Å². The van der Waals surface area contributed by atoms with Crippen LogP contribution >= 0.6 is 0 Å². The molecule has 10 rings (SSSR count). The fourth-order valence-corrected chi connectivity index (χ4v) is 8.46. The van der Waals surface area contributed by atoms with Gasteiger partial charge in [0.25, 0.3) is 0 Å². The van der Waals surface area contributed by atoms with E-state index >= 15 is 0 Å². The summed E-state index contributed by atoms with van der Waals surface area (Å²) < 4.78 is 6.82. The van der Waals surface area contributed by atoms with Gasteiger partial charge in [-0.2, -0.15) is 0 Å². The first kappa shape index (κ1) is 28.9. The molecule has 4 atom stereocenters. The van der Waals surface area contributed by atoms with Crippen molar-refractivity contribution in [2.24, 2.45) is 0 Å². The Hall–Kier alpha value is -6.07. The summed E-state index contributed by atoms with van der Waals surface area (Å²) >= 11 is 0. The van der Waals surface area contributed by atoms with Gasteiger partial charge >= 0.3 is 0 Å². The van der Waals surface area contributed by atoms with E-state index in [4.69, 9.17) is 19.7 Å². The third kappa shape index (κ3) is 4.80. The van der Waals surface area contributed by atoms with Crippen LogP contribution in [0.3, 0.4) is 0 Å². The van der Waals surface area contributed by atoms with Crippen LogP contribution in [0, 0.1) is 0 Å².